The summed E-state index contributed by atoms with van der Waals surface area (Å²) in [6, 6.07) is 2.86. The van der Waals surface area contributed by atoms with Crippen molar-refractivity contribution >= 4 is 85.6 Å². The minimum Gasteiger partial charge on any atom is -0.508 e. The Bertz CT molecular complexity index is 2250. The Balaban J connectivity index is 1.95. The number of carboxylic acids is 3. The number of halogens is 1. The van der Waals surface area contributed by atoms with Crippen LogP contribution in [-0.2, 0) is 97.1 Å². The molecule has 0 saturated carbocycles. The SMILES string of the molecule is O=C(O)CCCCCCCCCCCCCCCCC(=O)N[C@@H](CCC(=O)N[C@@H](CCC(=O)NCCOCCOCC(=O)NCCOCCOCC(=O)NCCOCCOCC(=O)NCCOCCOCC(=O)N[C@@H](Cc1ccc(O)cc1)C(=O)I)C(=O)O)C(=O)O. The Hall–Kier alpha value is -6.20. The summed E-state index contributed by atoms with van der Waals surface area (Å²) in [4.78, 5) is 132. The first-order chi connectivity index (χ1) is 44.4. The van der Waals surface area contributed by atoms with E-state index in [2.05, 4.69) is 37.2 Å². The molecule has 0 fully saturated rings. The molecular formula is C61H100IN7O23. The molecule has 0 saturated heterocycles. The number of ether oxygens (including phenoxy) is 8. The molecule has 3 atom stereocenters. The lowest BCUT2D eigenvalue weighted by Crippen LogP contribution is -2.44. The second-order valence-corrected chi connectivity index (χ2v) is 22.3. The Kier molecular flexibility index (Phi) is 52.3. The topological polar surface area (TPSA) is 427 Å². The van der Waals surface area contributed by atoms with Crippen LogP contribution in [-0.4, -0.2) is 233 Å². The molecule has 0 aromatic heterocycles. The fraction of sp³-hybridized carbons (Fsp3) is 0.721. The lowest BCUT2D eigenvalue weighted by molar-refractivity contribution is -0.143. The summed E-state index contributed by atoms with van der Waals surface area (Å²) in [5.74, 6) is -6.55. The molecule has 11 N–H and O–H groups in total. The van der Waals surface area contributed by atoms with Crippen LogP contribution < -0.4 is 37.2 Å². The summed E-state index contributed by atoms with van der Waals surface area (Å²) in [6.07, 6.45) is 14.0. The van der Waals surface area contributed by atoms with Gasteiger partial charge in [0.2, 0.25) is 45.1 Å². The predicted molar refractivity (Wildman–Crippen MR) is 340 cm³/mol. The summed E-state index contributed by atoms with van der Waals surface area (Å²) >= 11 is 1.62. The van der Waals surface area contributed by atoms with Crippen molar-refractivity contribution in [1.29, 1.82) is 0 Å². The van der Waals surface area contributed by atoms with E-state index in [4.69, 9.17) is 43.0 Å². The van der Waals surface area contributed by atoms with Gasteiger partial charge in [-0.3, -0.25) is 43.2 Å². The number of hydrogen-bond donors (Lipinski definition) is 11. The maximum atomic E-state index is 12.6. The Morgan fingerprint density at radius 3 is 1.01 bits per heavy atom. The van der Waals surface area contributed by atoms with E-state index >= 15 is 0 Å². The van der Waals surface area contributed by atoms with Gasteiger partial charge in [0.15, 0.2) is 0 Å². The molecule has 92 heavy (non-hydrogen) atoms. The third-order valence-electron chi connectivity index (χ3n) is 13.3. The zero-order valence-electron chi connectivity index (χ0n) is 53.0. The van der Waals surface area contributed by atoms with E-state index in [1.54, 1.807) is 34.7 Å². The third-order valence-corrected chi connectivity index (χ3v) is 14.1. The van der Waals surface area contributed by atoms with Crippen LogP contribution in [0.2, 0.25) is 0 Å². The number of amides is 7. The molecule has 524 valence electrons. The number of carbonyl (C=O) groups is 11. The smallest absolute Gasteiger partial charge is 0.326 e. The van der Waals surface area contributed by atoms with Gasteiger partial charge in [-0.25, -0.2) is 9.59 Å². The highest BCUT2D eigenvalue weighted by atomic mass is 127. The number of benzene rings is 1. The molecule has 0 aliphatic carbocycles. The van der Waals surface area contributed by atoms with Crippen molar-refractivity contribution in [3.63, 3.8) is 0 Å². The number of carbonyl (C=O) groups excluding carboxylic acids is 8. The second-order valence-electron chi connectivity index (χ2n) is 21.2. The number of rotatable bonds is 63. The van der Waals surface area contributed by atoms with Crippen LogP contribution >= 0.6 is 22.6 Å². The Morgan fingerprint density at radius 1 is 0.348 bits per heavy atom. The number of carboxylic acid groups (broad SMARTS) is 3. The fourth-order valence-electron chi connectivity index (χ4n) is 8.40. The maximum absolute atomic E-state index is 12.6. The molecule has 0 bridgehead atoms. The molecule has 0 heterocycles. The van der Waals surface area contributed by atoms with Crippen LogP contribution in [0.5, 0.6) is 5.75 Å². The van der Waals surface area contributed by atoms with Gasteiger partial charge in [0.05, 0.1) is 79.3 Å². The zero-order chi connectivity index (χ0) is 67.7. The Labute approximate surface area is 551 Å². The van der Waals surface area contributed by atoms with E-state index in [9.17, 15) is 68.1 Å². The van der Waals surface area contributed by atoms with Crippen molar-refractivity contribution in [3.05, 3.63) is 29.8 Å². The van der Waals surface area contributed by atoms with Gasteiger partial charge in [0.1, 0.15) is 50.3 Å². The zero-order valence-corrected chi connectivity index (χ0v) is 55.1. The highest BCUT2D eigenvalue weighted by molar-refractivity contribution is 14.1. The van der Waals surface area contributed by atoms with Crippen LogP contribution in [0.4, 0.5) is 0 Å². The first-order valence-electron chi connectivity index (χ1n) is 31.6. The van der Waals surface area contributed by atoms with Gasteiger partial charge in [-0.05, 0) is 43.4 Å². The third kappa shape index (κ3) is 52.3. The molecule has 7 amide bonds. The largest absolute Gasteiger partial charge is 0.508 e. The average molecular weight is 1430 g/mol. The predicted octanol–water partition coefficient (Wildman–Crippen LogP) is 2.00. The van der Waals surface area contributed by atoms with Crippen LogP contribution in [0.3, 0.4) is 0 Å². The van der Waals surface area contributed by atoms with Crippen molar-refractivity contribution in [1.82, 2.24) is 37.2 Å². The monoisotopic (exact) mass is 1430 g/mol. The number of nitrogens with one attached hydrogen (secondary N) is 7. The molecule has 0 radical (unpaired) electrons. The second kappa shape index (κ2) is 57.5. The number of phenols is 1. The van der Waals surface area contributed by atoms with E-state index in [0.29, 0.717) is 6.42 Å². The molecule has 0 aliphatic heterocycles. The molecule has 30 nitrogen and oxygen atoms in total. The maximum Gasteiger partial charge on any atom is 0.326 e. The van der Waals surface area contributed by atoms with Gasteiger partial charge < -0.3 is 95.5 Å². The molecule has 1 aromatic rings. The van der Waals surface area contributed by atoms with Crippen molar-refractivity contribution < 1.29 is 111 Å². The van der Waals surface area contributed by atoms with Crippen LogP contribution in [0.25, 0.3) is 0 Å². The lowest BCUT2D eigenvalue weighted by atomic mass is 10.0. The molecule has 31 heteroatoms. The lowest BCUT2D eigenvalue weighted by Gasteiger charge is -2.17. The van der Waals surface area contributed by atoms with Crippen molar-refractivity contribution in [3.8, 4) is 5.75 Å². The molecular weight excluding hydrogens is 1330 g/mol. The summed E-state index contributed by atoms with van der Waals surface area (Å²) in [5, 5.41) is 55.2. The molecule has 1 rings (SSSR count). The van der Waals surface area contributed by atoms with Gasteiger partial charge in [0, 0.05) is 80.9 Å². The normalized spacial score (nSPS) is 12.0. The minimum atomic E-state index is -1.41. The number of phenolic OH excluding ortho intramolecular Hbond substituents is 1. The van der Waals surface area contributed by atoms with Crippen molar-refractivity contribution in [2.75, 3.05) is 132 Å². The van der Waals surface area contributed by atoms with Gasteiger partial charge >= 0.3 is 17.9 Å². The fourth-order valence-corrected chi connectivity index (χ4v) is 8.78. The molecule has 0 spiro atoms. The molecule has 0 aliphatic rings. The van der Waals surface area contributed by atoms with E-state index in [-0.39, 0.29) is 204 Å². The molecule has 0 unspecified atom stereocenters. The van der Waals surface area contributed by atoms with Crippen LogP contribution in [0, 0.1) is 0 Å². The highest BCUT2D eigenvalue weighted by Crippen LogP contribution is 2.15. The first kappa shape index (κ1) is 83.8. The van der Waals surface area contributed by atoms with Crippen LogP contribution in [0.15, 0.2) is 24.3 Å². The van der Waals surface area contributed by atoms with Gasteiger partial charge in [-0.1, -0.05) is 89.2 Å². The highest BCUT2D eigenvalue weighted by Gasteiger charge is 2.25. The summed E-state index contributed by atoms with van der Waals surface area (Å²) in [6.45, 7) is 1.75. The van der Waals surface area contributed by atoms with E-state index < -0.39 is 59.7 Å². The standard InChI is InChI=1S/C61H100IN7O23/c62-59(80)50(41-46-17-19-47(70)20-18-46)69-57(77)45-92-40-36-88-32-28-66-56(76)44-91-39-35-87-31-27-65-55(75)43-90-38-34-86-30-26-64-54(74)42-89-37-33-85-29-25-63-51(71)23-21-48(60(81)82)68-53(73)24-22-49(61(83)84)67-52(72)15-13-11-9-7-5-3-1-2-4-6-8-10-12-14-16-58(78)79/h17-20,48-50,70H,1-16,21-45H2,(H,63,71)(H,64,74)(H,65,75)(H,66,76)(H,67,72)(H,68,73)(H,69,77)(H,78,79)(H,81,82)(H,83,84)/t48-,49-,50-/m0/s1. The van der Waals surface area contributed by atoms with Gasteiger partial charge in [0.25, 0.3) is 0 Å². The van der Waals surface area contributed by atoms with Crippen LogP contribution in [0.1, 0.15) is 134 Å². The van der Waals surface area contributed by atoms with E-state index in [1.165, 1.54) is 37.8 Å². The van der Waals surface area contributed by atoms with Gasteiger partial charge in [-0.15, -0.1) is 0 Å². The summed E-state index contributed by atoms with van der Waals surface area (Å²) in [7, 11) is 0. The molecule has 1 aromatic carbocycles. The Morgan fingerprint density at radius 2 is 0.652 bits per heavy atom. The number of hydrogen-bond acceptors (Lipinski definition) is 20. The van der Waals surface area contributed by atoms with E-state index in [0.717, 1.165) is 63.4 Å². The summed E-state index contributed by atoms with van der Waals surface area (Å²) in [5.41, 5.74) is 0.777. The minimum absolute atomic E-state index is 0.0868. The van der Waals surface area contributed by atoms with E-state index in [1.807, 2.05) is 0 Å². The average Bonchev–Trinajstić information content (AvgIpc) is 1.84. The van der Waals surface area contributed by atoms with Crippen molar-refractivity contribution in [2.45, 2.75) is 153 Å². The first-order valence-corrected chi connectivity index (χ1v) is 32.7. The summed E-state index contributed by atoms with van der Waals surface area (Å²) < 4.78 is 42.4. The van der Waals surface area contributed by atoms with Crippen molar-refractivity contribution in [2.24, 2.45) is 0 Å². The number of unbranched alkanes of at least 4 members (excludes halogenated alkanes) is 13. The van der Waals surface area contributed by atoms with Gasteiger partial charge in [-0.2, -0.15) is 0 Å². The number of aromatic hydroxyl groups is 1. The number of aliphatic carboxylic acids is 3. The quantitative estimate of drug-likeness (QED) is 0.0252.